The molecular formula is C10H19NO4S. The second kappa shape index (κ2) is 4.60. The van der Waals surface area contributed by atoms with Gasteiger partial charge in [-0.05, 0) is 12.8 Å². The van der Waals surface area contributed by atoms with Gasteiger partial charge in [0.15, 0.2) is 0 Å². The first-order valence-electron chi connectivity index (χ1n) is 5.80. The quantitative estimate of drug-likeness (QED) is 0.735. The topological polar surface area (TPSA) is 75.6 Å². The lowest BCUT2D eigenvalue weighted by atomic mass is 10.1. The average Bonchev–Trinajstić information content (AvgIpc) is 2.86. The summed E-state index contributed by atoms with van der Waals surface area (Å²) in [6.07, 6.45) is 3.95. The van der Waals surface area contributed by atoms with E-state index in [-0.39, 0.29) is 18.4 Å². The normalized spacial score (nSPS) is 32.3. The van der Waals surface area contributed by atoms with Crippen LogP contribution >= 0.6 is 0 Å². The second-order valence-corrected chi connectivity index (χ2v) is 6.84. The molecule has 0 bridgehead atoms. The van der Waals surface area contributed by atoms with Gasteiger partial charge in [0.1, 0.15) is 5.60 Å². The van der Waals surface area contributed by atoms with Crippen molar-refractivity contribution in [2.24, 2.45) is 0 Å². The van der Waals surface area contributed by atoms with Crippen LogP contribution in [0.3, 0.4) is 0 Å². The standard InChI is InChI=1S/C10H19NO4S/c12-10(5-6-15-8-10)7-11-16(13,14)9-3-1-2-4-9/h9,11-12H,1-8H2. The Balaban J connectivity index is 1.88. The Morgan fingerprint density at radius 3 is 2.62 bits per heavy atom. The van der Waals surface area contributed by atoms with Crippen molar-refractivity contribution < 1.29 is 18.3 Å². The highest BCUT2D eigenvalue weighted by molar-refractivity contribution is 7.90. The van der Waals surface area contributed by atoms with Crippen molar-refractivity contribution in [3.05, 3.63) is 0 Å². The van der Waals surface area contributed by atoms with E-state index in [1.165, 1.54) is 0 Å². The molecule has 1 aliphatic carbocycles. The molecule has 1 atom stereocenters. The SMILES string of the molecule is O=S(=O)(NCC1(O)CCOC1)C1CCCC1. The molecule has 1 saturated carbocycles. The molecule has 1 aliphatic heterocycles. The number of ether oxygens (including phenoxy) is 1. The monoisotopic (exact) mass is 249 g/mol. The summed E-state index contributed by atoms with van der Waals surface area (Å²) in [5, 5.41) is 9.68. The summed E-state index contributed by atoms with van der Waals surface area (Å²) in [5.74, 6) is 0. The molecule has 16 heavy (non-hydrogen) atoms. The Morgan fingerprint density at radius 2 is 2.06 bits per heavy atom. The first kappa shape index (κ1) is 12.3. The van der Waals surface area contributed by atoms with Gasteiger partial charge >= 0.3 is 0 Å². The smallest absolute Gasteiger partial charge is 0.214 e. The summed E-state index contributed by atoms with van der Waals surface area (Å²) in [5.41, 5.74) is -1.01. The van der Waals surface area contributed by atoms with E-state index >= 15 is 0 Å². The Labute approximate surface area is 96.2 Å². The minimum Gasteiger partial charge on any atom is -0.386 e. The molecule has 5 nitrogen and oxygen atoms in total. The molecule has 2 aliphatic rings. The number of hydrogen-bond acceptors (Lipinski definition) is 4. The van der Waals surface area contributed by atoms with E-state index in [2.05, 4.69) is 4.72 Å². The molecule has 6 heteroatoms. The summed E-state index contributed by atoms with van der Waals surface area (Å²) in [4.78, 5) is 0. The van der Waals surface area contributed by atoms with Crippen LogP contribution in [0.15, 0.2) is 0 Å². The molecule has 2 N–H and O–H groups in total. The molecule has 0 amide bonds. The van der Waals surface area contributed by atoms with Gasteiger partial charge in [-0.2, -0.15) is 0 Å². The van der Waals surface area contributed by atoms with E-state index in [1.54, 1.807) is 0 Å². The van der Waals surface area contributed by atoms with Crippen LogP contribution in [0.5, 0.6) is 0 Å². The van der Waals surface area contributed by atoms with Crippen molar-refractivity contribution in [2.75, 3.05) is 19.8 Å². The van der Waals surface area contributed by atoms with Crippen molar-refractivity contribution >= 4 is 10.0 Å². The second-order valence-electron chi connectivity index (χ2n) is 4.80. The maximum Gasteiger partial charge on any atom is 0.214 e. The van der Waals surface area contributed by atoms with Crippen molar-refractivity contribution in [2.45, 2.75) is 43.0 Å². The Bertz CT molecular complexity index is 329. The molecular weight excluding hydrogens is 230 g/mol. The predicted molar refractivity (Wildman–Crippen MR) is 59.6 cm³/mol. The van der Waals surface area contributed by atoms with Crippen LogP contribution < -0.4 is 4.72 Å². The number of sulfonamides is 1. The molecule has 0 aromatic rings. The van der Waals surface area contributed by atoms with Crippen LogP contribution in [0, 0.1) is 0 Å². The number of rotatable bonds is 4. The molecule has 0 aromatic heterocycles. The van der Waals surface area contributed by atoms with Gasteiger partial charge in [-0.3, -0.25) is 0 Å². The van der Waals surface area contributed by atoms with Crippen LogP contribution in [0.25, 0.3) is 0 Å². The summed E-state index contributed by atoms with van der Waals surface area (Å²) < 4.78 is 31.3. The van der Waals surface area contributed by atoms with Gasteiger partial charge in [-0.1, -0.05) is 12.8 Å². The van der Waals surface area contributed by atoms with E-state index in [0.717, 1.165) is 25.7 Å². The minimum atomic E-state index is -3.25. The molecule has 94 valence electrons. The average molecular weight is 249 g/mol. The van der Waals surface area contributed by atoms with Crippen molar-refractivity contribution in [3.8, 4) is 0 Å². The van der Waals surface area contributed by atoms with Crippen LogP contribution in [0.4, 0.5) is 0 Å². The predicted octanol–water partition coefficient (Wildman–Crippen LogP) is -0.000200. The zero-order chi connectivity index (χ0) is 11.6. The molecule has 2 rings (SSSR count). The summed E-state index contributed by atoms with van der Waals surface area (Å²) in [7, 11) is -3.25. The zero-order valence-corrected chi connectivity index (χ0v) is 10.1. The van der Waals surface area contributed by atoms with Crippen LogP contribution in [-0.4, -0.2) is 44.1 Å². The molecule has 0 aromatic carbocycles. The fourth-order valence-corrected chi connectivity index (χ4v) is 3.95. The first-order valence-corrected chi connectivity index (χ1v) is 7.35. The zero-order valence-electron chi connectivity index (χ0n) is 9.31. The van der Waals surface area contributed by atoms with E-state index < -0.39 is 15.6 Å². The fourth-order valence-electron chi connectivity index (χ4n) is 2.29. The minimum absolute atomic E-state index is 0.0752. The number of aliphatic hydroxyl groups is 1. The van der Waals surface area contributed by atoms with Gasteiger partial charge in [-0.15, -0.1) is 0 Å². The third-order valence-electron chi connectivity index (χ3n) is 3.43. The third kappa shape index (κ3) is 2.74. The van der Waals surface area contributed by atoms with Crippen molar-refractivity contribution in [1.82, 2.24) is 4.72 Å². The molecule has 2 fully saturated rings. The summed E-state index contributed by atoms with van der Waals surface area (Å²) in [6.45, 7) is 0.799. The van der Waals surface area contributed by atoms with Crippen LogP contribution in [0.2, 0.25) is 0 Å². The van der Waals surface area contributed by atoms with Gasteiger partial charge in [0, 0.05) is 19.6 Å². The van der Waals surface area contributed by atoms with Crippen LogP contribution in [0.1, 0.15) is 32.1 Å². The highest BCUT2D eigenvalue weighted by Gasteiger charge is 2.35. The number of nitrogens with one attached hydrogen (secondary N) is 1. The molecule has 1 unspecified atom stereocenters. The Hall–Kier alpha value is -0.170. The third-order valence-corrected chi connectivity index (χ3v) is 5.32. The lowest BCUT2D eigenvalue weighted by Gasteiger charge is -2.22. The van der Waals surface area contributed by atoms with E-state index in [1.807, 2.05) is 0 Å². The molecule has 1 heterocycles. The summed E-state index contributed by atoms with van der Waals surface area (Å²) in [6, 6.07) is 0. The van der Waals surface area contributed by atoms with Crippen molar-refractivity contribution in [1.29, 1.82) is 0 Å². The van der Waals surface area contributed by atoms with Gasteiger partial charge in [0.25, 0.3) is 0 Å². The maximum atomic E-state index is 11.9. The summed E-state index contributed by atoms with van der Waals surface area (Å²) >= 11 is 0. The lowest BCUT2D eigenvalue weighted by Crippen LogP contribution is -2.45. The first-order chi connectivity index (χ1) is 7.52. The highest BCUT2D eigenvalue weighted by Crippen LogP contribution is 2.24. The van der Waals surface area contributed by atoms with Gasteiger partial charge in [0.05, 0.1) is 11.9 Å². The Morgan fingerprint density at radius 1 is 1.38 bits per heavy atom. The highest BCUT2D eigenvalue weighted by atomic mass is 32.2. The maximum absolute atomic E-state index is 11.9. The number of hydrogen-bond donors (Lipinski definition) is 2. The largest absolute Gasteiger partial charge is 0.386 e. The Kier molecular flexibility index (Phi) is 3.53. The molecule has 1 saturated heterocycles. The van der Waals surface area contributed by atoms with Crippen LogP contribution in [-0.2, 0) is 14.8 Å². The van der Waals surface area contributed by atoms with Gasteiger partial charge < -0.3 is 9.84 Å². The van der Waals surface area contributed by atoms with Gasteiger partial charge in [0.2, 0.25) is 10.0 Å². The van der Waals surface area contributed by atoms with E-state index in [9.17, 15) is 13.5 Å². The van der Waals surface area contributed by atoms with E-state index in [4.69, 9.17) is 4.74 Å². The van der Waals surface area contributed by atoms with E-state index in [0.29, 0.717) is 13.0 Å². The lowest BCUT2D eigenvalue weighted by molar-refractivity contribution is 0.0314. The molecule has 0 radical (unpaired) electrons. The van der Waals surface area contributed by atoms with Crippen molar-refractivity contribution in [3.63, 3.8) is 0 Å². The molecule has 0 spiro atoms. The van der Waals surface area contributed by atoms with Gasteiger partial charge in [-0.25, -0.2) is 13.1 Å². The fraction of sp³-hybridized carbons (Fsp3) is 1.00.